The Labute approximate surface area is 145 Å². The van der Waals surface area contributed by atoms with E-state index in [0.29, 0.717) is 13.0 Å². The molecule has 0 bridgehead atoms. The fourth-order valence-electron chi connectivity index (χ4n) is 2.77. The van der Waals surface area contributed by atoms with E-state index in [1.165, 1.54) is 11.1 Å². The van der Waals surface area contributed by atoms with Gasteiger partial charge in [-0.1, -0.05) is 43.7 Å². The third kappa shape index (κ3) is 5.73. The van der Waals surface area contributed by atoms with Crippen LogP contribution in [0.3, 0.4) is 0 Å². The maximum absolute atomic E-state index is 12.1. The number of pyridine rings is 1. The summed E-state index contributed by atoms with van der Waals surface area (Å²) in [5.41, 5.74) is 3.47. The summed E-state index contributed by atoms with van der Waals surface area (Å²) < 4.78 is 27.1. The highest BCUT2D eigenvalue weighted by Crippen LogP contribution is 2.23. The molecule has 0 saturated carbocycles. The molecule has 0 saturated heterocycles. The average Bonchev–Trinajstić information content (AvgIpc) is 2.58. The van der Waals surface area contributed by atoms with Crippen molar-refractivity contribution in [2.75, 3.05) is 12.3 Å². The molecule has 0 aliphatic carbocycles. The molecule has 0 aliphatic rings. The van der Waals surface area contributed by atoms with E-state index in [-0.39, 0.29) is 11.7 Å². The second kappa shape index (κ2) is 8.94. The molecule has 1 aromatic carbocycles. The molecule has 0 amide bonds. The number of nitrogens with zero attached hydrogens (tertiary/aromatic N) is 1. The lowest BCUT2D eigenvalue weighted by Crippen LogP contribution is -2.31. The number of benzene rings is 1. The Morgan fingerprint density at radius 1 is 1.17 bits per heavy atom. The number of aromatic nitrogens is 1. The van der Waals surface area contributed by atoms with Crippen LogP contribution in [-0.2, 0) is 16.4 Å². The molecule has 1 N–H and O–H groups in total. The molecule has 0 spiro atoms. The zero-order valence-electron chi connectivity index (χ0n) is 14.4. The minimum absolute atomic E-state index is 0.0896. The summed E-state index contributed by atoms with van der Waals surface area (Å²) in [6.07, 6.45) is 5.91. The summed E-state index contributed by atoms with van der Waals surface area (Å²) in [5, 5.41) is 0. The van der Waals surface area contributed by atoms with Crippen molar-refractivity contribution in [2.45, 2.75) is 39.0 Å². The van der Waals surface area contributed by atoms with Gasteiger partial charge in [-0.3, -0.25) is 4.98 Å². The fourth-order valence-corrected chi connectivity index (χ4v) is 4.04. The molecule has 24 heavy (non-hydrogen) atoms. The Bertz CT molecular complexity index is 730. The Morgan fingerprint density at radius 3 is 2.62 bits per heavy atom. The number of unbranched alkanes of at least 4 members (excludes halogenated alkanes) is 1. The number of nitrogens with one attached hydrogen (secondary N) is 1. The molecular weight excluding hydrogens is 320 g/mol. The van der Waals surface area contributed by atoms with Crippen LogP contribution < -0.4 is 4.72 Å². The van der Waals surface area contributed by atoms with Gasteiger partial charge in [0.1, 0.15) is 0 Å². The van der Waals surface area contributed by atoms with E-state index in [4.69, 9.17) is 0 Å². The number of rotatable bonds is 9. The van der Waals surface area contributed by atoms with Crippen LogP contribution in [0.4, 0.5) is 0 Å². The standard InChI is InChI=1S/C19H26N2O2S/c1-3-4-12-24(22,23)21-15-18(13-17-9-7-11-20-14-17)19-10-6-5-8-16(19)2/h5-11,14,18,21H,3-4,12-13,15H2,1-2H3. The summed E-state index contributed by atoms with van der Waals surface area (Å²) in [5.74, 6) is 0.281. The Hall–Kier alpha value is -1.72. The van der Waals surface area contributed by atoms with Gasteiger partial charge in [0.05, 0.1) is 5.75 Å². The molecule has 1 heterocycles. The van der Waals surface area contributed by atoms with Crippen molar-refractivity contribution < 1.29 is 8.42 Å². The van der Waals surface area contributed by atoms with Gasteiger partial charge in [0.2, 0.25) is 10.0 Å². The molecule has 5 heteroatoms. The van der Waals surface area contributed by atoms with Gasteiger partial charge in [-0.2, -0.15) is 0 Å². The van der Waals surface area contributed by atoms with E-state index in [0.717, 1.165) is 18.4 Å². The second-order valence-electron chi connectivity index (χ2n) is 6.14. The van der Waals surface area contributed by atoms with Crippen molar-refractivity contribution in [1.82, 2.24) is 9.71 Å². The van der Waals surface area contributed by atoms with E-state index in [1.54, 1.807) is 6.20 Å². The molecule has 2 aromatic rings. The van der Waals surface area contributed by atoms with Gasteiger partial charge in [0, 0.05) is 24.9 Å². The highest BCUT2D eigenvalue weighted by molar-refractivity contribution is 7.89. The largest absolute Gasteiger partial charge is 0.264 e. The van der Waals surface area contributed by atoms with E-state index >= 15 is 0 Å². The summed E-state index contributed by atoms with van der Waals surface area (Å²) in [4.78, 5) is 4.16. The molecule has 0 aliphatic heterocycles. The maximum atomic E-state index is 12.1. The van der Waals surface area contributed by atoms with E-state index in [2.05, 4.69) is 28.8 Å². The van der Waals surface area contributed by atoms with Gasteiger partial charge < -0.3 is 0 Å². The van der Waals surface area contributed by atoms with Gasteiger partial charge in [-0.15, -0.1) is 0 Å². The van der Waals surface area contributed by atoms with Gasteiger partial charge in [-0.25, -0.2) is 13.1 Å². The SMILES string of the molecule is CCCCS(=O)(=O)NCC(Cc1cccnc1)c1ccccc1C. The average molecular weight is 346 g/mol. The zero-order valence-corrected chi connectivity index (χ0v) is 15.2. The number of hydrogen-bond donors (Lipinski definition) is 1. The minimum atomic E-state index is -3.22. The third-order valence-electron chi connectivity index (χ3n) is 4.15. The van der Waals surface area contributed by atoms with Crippen LogP contribution in [0.25, 0.3) is 0 Å². The van der Waals surface area contributed by atoms with Crippen LogP contribution in [0, 0.1) is 6.92 Å². The molecule has 2 rings (SSSR count). The van der Waals surface area contributed by atoms with E-state index < -0.39 is 10.0 Å². The van der Waals surface area contributed by atoms with Crippen LogP contribution in [0.1, 0.15) is 42.4 Å². The van der Waals surface area contributed by atoms with Crippen molar-refractivity contribution in [3.63, 3.8) is 0 Å². The van der Waals surface area contributed by atoms with Crippen LogP contribution in [0.15, 0.2) is 48.8 Å². The van der Waals surface area contributed by atoms with Crippen LogP contribution in [0.5, 0.6) is 0 Å². The fraction of sp³-hybridized carbons (Fsp3) is 0.421. The molecule has 130 valence electrons. The number of aryl methyl sites for hydroxylation is 1. The number of sulfonamides is 1. The summed E-state index contributed by atoms with van der Waals surface area (Å²) in [6, 6.07) is 12.1. The lowest BCUT2D eigenvalue weighted by atomic mass is 9.90. The molecule has 0 fully saturated rings. The Morgan fingerprint density at radius 2 is 1.96 bits per heavy atom. The lowest BCUT2D eigenvalue weighted by Gasteiger charge is -2.20. The highest BCUT2D eigenvalue weighted by Gasteiger charge is 2.18. The van der Waals surface area contributed by atoms with Gasteiger partial charge in [0.25, 0.3) is 0 Å². The molecule has 1 unspecified atom stereocenters. The van der Waals surface area contributed by atoms with Crippen LogP contribution >= 0.6 is 0 Å². The molecule has 0 radical (unpaired) electrons. The van der Waals surface area contributed by atoms with Crippen molar-refractivity contribution in [3.05, 3.63) is 65.5 Å². The normalized spacial score (nSPS) is 12.9. The first kappa shape index (κ1) is 18.6. The lowest BCUT2D eigenvalue weighted by molar-refractivity contribution is 0.565. The molecule has 1 atom stereocenters. The maximum Gasteiger partial charge on any atom is 0.211 e. The molecular formula is C19H26N2O2S. The first-order valence-electron chi connectivity index (χ1n) is 8.43. The van der Waals surface area contributed by atoms with Crippen LogP contribution in [-0.4, -0.2) is 25.7 Å². The second-order valence-corrected chi connectivity index (χ2v) is 8.07. The van der Waals surface area contributed by atoms with Crippen molar-refractivity contribution in [3.8, 4) is 0 Å². The Balaban J connectivity index is 2.16. The molecule has 4 nitrogen and oxygen atoms in total. The van der Waals surface area contributed by atoms with E-state index in [9.17, 15) is 8.42 Å². The zero-order chi connectivity index (χ0) is 17.4. The summed E-state index contributed by atoms with van der Waals surface area (Å²) in [6.45, 7) is 4.47. The van der Waals surface area contributed by atoms with Crippen molar-refractivity contribution >= 4 is 10.0 Å². The van der Waals surface area contributed by atoms with Gasteiger partial charge in [0.15, 0.2) is 0 Å². The van der Waals surface area contributed by atoms with Crippen LogP contribution in [0.2, 0.25) is 0 Å². The predicted molar refractivity (Wildman–Crippen MR) is 98.6 cm³/mol. The summed E-state index contributed by atoms with van der Waals surface area (Å²) >= 11 is 0. The minimum Gasteiger partial charge on any atom is -0.264 e. The van der Waals surface area contributed by atoms with Gasteiger partial charge >= 0.3 is 0 Å². The number of hydrogen-bond acceptors (Lipinski definition) is 3. The predicted octanol–water partition coefficient (Wildman–Crippen LogP) is 3.44. The smallest absolute Gasteiger partial charge is 0.211 e. The van der Waals surface area contributed by atoms with E-state index in [1.807, 2.05) is 37.4 Å². The quantitative estimate of drug-likeness (QED) is 0.757. The van der Waals surface area contributed by atoms with Gasteiger partial charge in [-0.05, 0) is 42.5 Å². The monoisotopic (exact) mass is 346 g/mol. The topological polar surface area (TPSA) is 59.1 Å². The molecule has 1 aromatic heterocycles. The first-order valence-corrected chi connectivity index (χ1v) is 10.1. The third-order valence-corrected chi connectivity index (χ3v) is 5.58. The Kier molecular flexibility index (Phi) is 6.94. The van der Waals surface area contributed by atoms with Crippen molar-refractivity contribution in [2.24, 2.45) is 0 Å². The summed E-state index contributed by atoms with van der Waals surface area (Å²) in [7, 11) is -3.22. The highest BCUT2D eigenvalue weighted by atomic mass is 32.2. The van der Waals surface area contributed by atoms with Crippen molar-refractivity contribution in [1.29, 1.82) is 0 Å². The first-order chi connectivity index (χ1) is 11.5.